The quantitative estimate of drug-likeness (QED) is 0.792. The van der Waals surface area contributed by atoms with Gasteiger partial charge >= 0.3 is 0 Å². The van der Waals surface area contributed by atoms with Crippen molar-refractivity contribution in [3.63, 3.8) is 0 Å². The van der Waals surface area contributed by atoms with Crippen molar-refractivity contribution in [1.82, 2.24) is 19.6 Å². The van der Waals surface area contributed by atoms with Crippen molar-refractivity contribution in [3.05, 3.63) is 11.5 Å². The standard InChI is InChI=1S/C9H13ClN4O3S/c1-14-5-11-9(8(14)10)18(16,17)12-4-6-2-3-7(15)13-6/h5-6,12H,2-4H2,1H3,(H,13,15). The number of sulfonamides is 1. The summed E-state index contributed by atoms with van der Waals surface area (Å²) < 4.78 is 27.6. The van der Waals surface area contributed by atoms with Crippen molar-refractivity contribution in [2.45, 2.75) is 23.9 Å². The molecule has 100 valence electrons. The molecule has 1 amide bonds. The molecule has 2 heterocycles. The second kappa shape index (κ2) is 4.87. The molecule has 0 radical (unpaired) electrons. The molecule has 0 spiro atoms. The van der Waals surface area contributed by atoms with Gasteiger partial charge < -0.3 is 9.88 Å². The lowest BCUT2D eigenvalue weighted by Crippen LogP contribution is -2.38. The zero-order valence-electron chi connectivity index (χ0n) is 9.68. The Balaban J connectivity index is 2.04. The van der Waals surface area contributed by atoms with E-state index in [2.05, 4.69) is 15.0 Å². The van der Waals surface area contributed by atoms with Crippen molar-refractivity contribution < 1.29 is 13.2 Å². The van der Waals surface area contributed by atoms with Crippen LogP contribution in [0, 0.1) is 0 Å². The topological polar surface area (TPSA) is 93.1 Å². The molecule has 1 aromatic rings. The van der Waals surface area contributed by atoms with Crippen LogP contribution in [0.4, 0.5) is 0 Å². The third-order valence-corrected chi connectivity index (χ3v) is 4.61. The molecule has 1 saturated heterocycles. The number of rotatable bonds is 4. The largest absolute Gasteiger partial charge is 0.352 e. The first-order chi connectivity index (χ1) is 8.40. The third-order valence-electron chi connectivity index (χ3n) is 2.69. The average Bonchev–Trinajstić information content (AvgIpc) is 2.85. The molecule has 1 atom stereocenters. The van der Waals surface area contributed by atoms with E-state index in [4.69, 9.17) is 11.6 Å². The predicted molar refractivity (Wildman–Crippen MR) is 64.6 cm³/mol. The maximum atomic E-state index is 11.9. The Morgan fingerprint density at radius 3 is 2.89 bits per heavy atom. The second-order valence-corrected chi connectivity index (χ2v) is 6.15. The lowest BCUT2D eigenvalue weighted by molar-refractivity contribution is -0.119. The van der Waals surface area contributed by atoms with Crippen LogP contribution >= 0.6 is 11.6 Å². The van der Waals surface area contributed by atoms with Crippen molar-refractivity contribution in [2.75, 3.05) is 6.54 Å². The fourth-order valence-electron chi connectivity index (χ4n) is 1.68. The molecule has 1 fully saturated rings. The van der Waals surface area contributed by atoms with Gasteiger partial charge in [-0.2, -0.15) is 0 Å². The number of halogens is 1. The highest BCUT2D eigenvalue weighted by molar-refractivity contribution is 7.89. The maximum absolute atomic E-state index is 11.9. The predicted octanol–water partition coefficient (Wildman–Crippen LogP) is -0.370. The molecule has 0 aliphatic carbocycles. The van der Waals surface area contributed by atoms with E-state index in [0.29, 0.717) is 12.8 Å². The summed E-state index contributed by atoms with van der Waals surface area (Å²) in [5, 5.41) is 2.53. The highest BCUT2D eigenvalue weighted by Crippen LogP contribution is 2.18. The highest BCUT2D eigenvalue weighted by atomic mass is 35.5. The summed E-state index contributed by atoms with van der Waals surface area (Å²) in [6.07, 6.45) is 2.38. The Kier molecular flexibility index (Phi) is 3.60. The first-order valence-corrected chi connectivity index (χ1v) is 7.22. The fourth-order valence-corrected chi connectivity index (χ4v) is 3.19. The van der Waals surface area contributed by atoms with Crippen LogP contribution < -0.4 is 10.0 Å². The number of hydrogen-bond acceptors (Lipinski definition) is 4. The van der Waals surface area contributed by atoms with Gasteiger partial charge in [-0.15, -0.1) is 0 Å². The lowest BCUT2D eigenvalue weighted by atomic mass is 10.2. The van der Waals surface area contributed by atoms with E-state index >= 15 is 0 Å². The van der Waals surface area contributed by atoms with Crippen LogP contribution in [-0.2, 0) is 21.9 Å². The molecule has 1 aliphatic rings. The summed E-state index contributed by atoms with van der Waals surface area (Å²) in [6.45, 7) is 0.140. The second-order valence-electron chi connectivity index (χ2n) is 4.11. The van der Waals surface area contributed by atoms with Crippen LogP contribution in [0.3, 0.4) is 0 Å². The third kappa shape index (κ3) is 2.65. The van der Waals surface area contributed by atoms with Gasteiger partial charge in [-0.3, -0.25) is 4.79 Å². The van der Waals surface area contributed by atoms with Crippen LogP contribution in [-0.4, -0.2) is 36.5 Å². The number of aryl methyl sites for hydroxylation is 1. The van der Waals surface area contributed by atoms with Crippen LogP contribution in [0.2, 0.25) is 5.15 Å². The van der Waals surface area contributed by atoms with Gasteiger partial charge in [0, 0.05) is 26.1 Å². The van der Waals surface area contributed by atoms with E-state index in [1.807, 2.05) is 0 Å². The molecule has 0 aromatic carbocycles. The smallest absolute Gasteiger partial charge is 0.261 e. The molecule has 1 unspecified atom stereocenters. The van der Waals surface area contributed by atoms with Crippen LogP contribution in [0.15, 0.2) is 11.4 Å². The summed E-state index contributed by atoms with van der Waals surface area (Å²) in [4.78, 5) is 14.7. The van der Waals surface area contributed by atoms with E-state index in [0.717, 1.165) is 0 Å². The molecule has 2 rings (SSSR count). The summed E-state index contributed by atoms with van der Waals surface area (Å²) in [5.74, 6) is -0.0601. The van der Waals surface area contributed by atoms with Gasteiger partial charge in [-0.25, -0.2) is 18.1 Å². The van der Waals surface area contributed by atoms with E-state index in [-0.39, 0.29) is 28.7 Å². The minimum absolute atomic E-state index is 0.0537. The number of hydrogen-bond donors (Lipinski definition) is 2. The molecule has 2 N–H and O–H groups in total. The van der Waals surface area contributed by atoms with Gasteiger partial charge in [0.1, 0.15) is 5.15 Å². The maximum Gasteiger partial charge on any atom is 0.261 e. The number of carbonyl (C=O) groups excluding carboxylic acids is 1. The van der Waals surface area contributed by atoms with Gasteiger partial charge in [-0.1, -0.05) is 11.6 Å². The molecular formula is C9H13ClN4O3S. The first-order valence-electron chi connectivity index (χ1n) is 5.36. The van der Waals surface area contributed by atoms with Crippen LogP contribution in [0.5, 0.6) is 0 Å². The van der Waals surface area contributed by atoms with E-state index < -0.39 is 10.0 Å². The summed E-state index contributed by atoms with van der Waals surface area (Å²) in [5.41, 5.74) is 0. The first kappa shape index (κ1) is 13.3. The average molecular weight is 293 g/mol. The number of imidazole rings is 1. The SMILES string of the molecule is Cn1cnc(S(=O)(=O)NCC2CCC(=O)N2)c1Cl. The lowest BCUT2D eigenvalue weighted by Gasteiger charge is -2.10. The molecule has 7 nitrogen and oxygen atoms in total. The normalized spacial score (nSPS) is 20.1. The van der Waals surface area contributed by atoms with Crippen LogP contribution in [0.1, 0.15) is 12.8 Å². The zero-order valence-corrected chi connectivity index (χ0v) is 11.3. The van der Waals surface area contributed by atoms with E-state index in [1.54, 1.807) is 7.05 Å². The number of amides is 1. The van der Waals surface area contributed by atoms with Crippen LogP contribution in [0.25, 0.3) is 0 Å². The molecule has 1 aromatic heterocycles. The number of carbonyl (C=O) groups is 1. The molecular weight excluding hydrogens is 280 g/mol. The Hall–Kier alpha value is -1.12. The summed E-state index contributed by atoms with van der Waals surface area (Å²) in [6, 6.07) is -0.172. The number of aromatic nitrogens is 2. The van der Waals surface area contributed by atoms with E-state index in [1.165, 1.54) is 10.9 Å². The molecule has 1 aliphatic heterocycles. The zero-order chi connectivity index (χ0) is 13.3. The van der Waals surface area contributed by atoms with Gasteiger partial charge in [0.05, 0.1) is 6.33 Å². The minimum Gasteiger partial charge on any atom is -0.352 e. The molecule has 0 saturated carbocycles. The van der Waals surface area contributed by atoms with Gasteiger partial charge in [0.15, 0.2) is 0 Å². The summed E-state index contributed by atoms with van der Waals surface area (Å²) in [7, 11) is -2.14. The van der Waals surface area contributed by atoms with Gasteiger partial charge in [0.25, 0.3) is 10.0 Å². The molecule has 9 heteroatoms. The van der Waals surface area contributed by atoms with Crippen molar-refractivity contribution >= 4 is 27.5 Å². The Morgan fingerprint density at radius 1 is 1.67 bits per heavy atom. The van der Waals surface area contributed by atoms with Crippen molar-refractivity contribution in [2.24, 2.45) is 7.05 Å². The van der Waals surface area contributed by atoms with Gasteiger partial charge in [0.2, 0.25) is 10.9 Å². The number of nitrogens with zero attached hydrogens (tertiary/aromatic N) is 2. The molecule has 0 bridgehead atoms. The minimum atomic E-state index is -3.74. The molecule has 18 heavy (non-hydrogen) atoms. The number of nitrogens with one attached hydrogen (secondary N) is 2. The van der Waals surface area contributed by atoms with Gasteiger partial charge in [-0.05, 0) is 6.42 Å². The Morgan fingerprint density at radius 2 is 2.39 bits per heavy atom. The Labute approximate surface area is 110 Å². The van der Waals surface area contributed by atoms with E-state index in [9.17, 15) is 13.2 Å². The monoisotopic (exact) mass is 292 g/mol. The van der Waals surface area contributed by atoms with Crippen molar-refractivity contribution in [1.29, 1.82) is 0 Å². The fraction of sp³-hybridized carbons (Fsp3) is 0.556. The Bertz CT molecular complexity index is 568. The van der Waals surface area contributed by atoms with Crippen molar-refractivity contribution in [3.8, 4) is 0 Å². The summed E-state index contributed by atoms with van der Waals surface area (Å²) >= 11 is 5.82. The highest BCUT2D eigenvalue weighted by Gasteiger charge is 2.26.